The number of methoxy groups -OCH3 is 1. The zero-order valence-corrected chi connectivity index (χ0v) is 17.0. The number of fused-ring (bicyclic) bond motifs is 1. The van der Waals surface area contributed by atoms with E-state index in [2.05, 4.69) is 5.32 Å². The van der Waals surface area contributed by atoms with Crippen LogP contribution in [0.5, 0.6) is 17.2 Å². The fourth-order valence-corrected chi connectivity index (χ4v) is 3.41. The van der Waals surface area contributed by atoms with Crippen molar-refractivity contribution in [2.45, 2.75) is 6.42 Å². The summed E-state index contributed by atoms with van der Waals surface area (Å²) in [5.41, 5.74) is 3.69. The van der Waals surface area contributed by atoms with Crippen LogP contribution in [0.2, 0.25) is 0 Å². The Morgan fingerprint density at radius 3 is 2.48 bits per heavy atom. The summed E-state index contributed by atoms with van der Waals surface area (Å²) in [4.78, 5) is 17.7. The van der Waals surface area contributed by atoms with E-state index in [1.165, 1.54) is 12.1 Å². The van der Waals surface area contributed by atoms with Crippen LogP contribution in [0.3, 0.4) is 0 Å². The topological polar surface area (TPSA) is 91.7 Å². The Balaban J connectivity index is 1.58. The van der Waals surface area contributed by atoms with Crippen molar-refractivity contribution in [3.8, 4) is 28.5 Å². The molecule has 3 N–H and O–H groups in total. The number of phenolic OH excluding ortho intramolecular Hbond substituents is 2. The van der Waals surface area contributed by atoms with Gasteiger partial charge in [0.15, 0.2) is 11.5 Å². The number of nitrogens with zero attached hydrogens (tertiary/aromatic N) is 1. The number of aromatic nitrogens is 1. The van der Waals surface area contributed by atoms with E-state index in [0.29, 0.717) is 24.2 Å². The first-order chi connectivity index (χ1) is 15.0. The largest absolute Gasteiger partial charge is 0.504 e. The quantitative estimate of drug-likeness (QED) is 0.409. The van der Waals surface area contributed by atoms with Crippen molar-refractivity contribution >= 4 is 16.8 Å². The van der Waals surface area contributed by atoms with E-state index in [-0.39, 0.29) is 17.4 Å². The van der Waals surface area contributed by atoms with Crippen LogP contribution in [-0.4, -0.2) is 34.8 Å². The van der Waals surface area contributed by atoms with Gasteiger partial charge in [0, 0.05) is 17.5 Å². The molecule has 0 spiro atoms. The lowest BCUT2D eigenvalue weighted by atomic mass is 10.0. The predicted molar refractivity (Wildman–Crippen MR) is 120 cm³/mol. The Morgan fingerprint density at radius 2 is 1.74 bits per heavy atom. The molecule has 0 saturated carbocycles. The van der Waals surface area contributed by atoms with Gasteiger partial charge in [-0.15, -0.1) is 0 Å². The van der Waals surface area contributed by atoms with Crippen LogP contribution in [0.25, 0.3) is 22.2 Å². The van der Waals surface area contributed by atoms with Gasteiger partial charge in [-0.25, -0.2) is 4.98 Å². The zero-order chi connectivity index (χ0) is 21.8. The molecule has 4 aromatic rings. The van der Waals surface area contributed by atoms with E-state index in [4.69, 9.17) is 9.72 Å². The Hall–Kier alpha value is -4.06. The monoisotopic (exact) mass is 414 g/mol. The summed E-state index contributed by atoms with van der Waals surface area (Å²) < 4.78 is 5.22. The van der Waals surface area contributed by atoms with Crippen molar-refractivity contribution in [2.24, 2.45) is 0 Å². The summed E-state index contributed by atoms with van der Waals surface area (Å²) in [7, 11) is 1.62. The molecule has 1 heterocycles. The lowest BCUT2D eigenvalue weighted by Crippen LogP contribution is -2.26. The average Bonchev–Trinajstić information content (AvgIpc) is 2.80. The smallest absolute Gasteiger partial charge is 0.252 e. The SMILES string of the molecule is COc1ccc(-c2cc(C(=O)NCCc3ccc(O)c(O)c3)c3ccccc3n2)cc1. The molecule has 0 saturated heterocycles. The number of benzene rings is 3. The molecule has 0 atom stereocenters. The lowest BCUT2D eigenvalue weighted by Gasteiger charge is -2.11. The minimum Gasteiger partial charge on any atom is -0.504 e. The van der Waals surface area contributed by atoms with Crippen molar-refractivity contribution in [1.29, 1.82) is 0 Å². The summed E-state index contributed by atoms with van der Waals surface area (Å²) in [5, 5.41) is 22.8. The number of pyridine rings is 1. The van der Waals surface area contributed by atoms with Gasteiger partial charge >= 0.3 is 0 Å². The maximum Gasteiger partial charge on any atom is 0.252 e. The standard InChI is InChI=1S/C25H22N2O4/c1-31-18-9-7-17(8-10-18)22-15-20(19-4-2-3-5-21(19)27-22)25(30)26-13-12-16-6-11-23(28)24(29)14-16/h2-11,14-15,28-29H,12-13H2,1H3,(H,26,30). The van der Waals surface area contributed by atoms with Crippen LogP contribution in [0, 0.1) is 0 Å². The van der Waals surface area contributed by atoms with Gasteiger partial charge in [-0.2, -0.15) is 0 Å². The van der Waals surface area contributed by atoms with Crippen molar-refractivity contribution < 1.29 is 19.7 Å². The summed E-state index contributed by atoms with van der Waals surface area (Å²) in [6, 6.07) is 21.5. The number of amides is 1. The van der Waals surface area contributed by atoms with E-state index in [1.807, 2.05) is 48.5 Å². The van der Waals surface area contributed by atoms with Gasteiger partial charge in [0.1, 0.15) is 5.75 Å². The van der Waals surface area contributed by atoms with E-state index in [0.717, 1.165) is 27.8 Å². The Bertz CT molecular complexity index is 1240. The minimum atomic E-state index is -0.198. The van der Waals surface area contributed by atoms with Crippen LogP contribution >= 0.6 is 0 Å². The normalized spacial score (nSPS) is 10.7. The van der Waals surface area contributed by atoms with Gasteiger partial charge in [0.05, 0.1) is 23.9 Å². The molecule has 0 radical (unpaired) electrons. The minimum absolute atomic E-state index is 0.165. The number of rotatable bonds is 6. The first-order valence-electron chi connectivity index (χ1n) is 9.88. The van der Waals surface area contributed by atoms with Crippen LogP contribution in [-0.2, 0) is 6.42 Å². The molecule has 0 bridgehead atoms. The number of aromatic hydroxyl groups is 2. The molecule has 0 fully saturated rings. The van der Waals surface area contributed by atoms with Crippen molar-refractivity contribution in [3.05, 3.63) is 83.9 Å². The highest BCUT2D eigenvalue weighted by Crippen LogP contribution is 2.27. The summed E-state index contributed by atoms with van der Waals surface area (Å²) in [6.07, 6.45) is 0.522. The number of hydrogen-bond acceptors (Lipinski definition) is 5. The maximum absolute atomic E-state index is 13.0. The molecule has 6 heteroatoms. The predicted octanol–water partition coefficient (Wildman–Crippen LogP) is 4.29. The molecule has 0 aliphatic heterocycles. The number of carbonyl (C=O) groups is 1. The van der Waals surface area contributed by atoms with E-state index >= 15 is 0 Å². The summed E-state index contributed by atoms with van der Waals surface area (Å²) in [5.74, 6) is 0.217. The van der Waals surface area contributed by atoms with Crippen LogP contribution in [0.1, 0.15) is 15.9 Å². The molecule has 4 rings (SSSR count). The first kappa shape index (κ1) is 20.2. The summed E-state index contributed by atoms with van der Waals surface area (Å²) >= 11 is 0. The number of para-hydroxylation sites is 1. The molecule has 31 heavy (non-hydrogen) atoms. The van der Waals surface area contributed by atoms with Gasteiger partial charge in [0.25, 0.3) is 5.91 Å². The van der Waals surface area contributed by atoms with Crippen LogP contribution in [0.15, 0.2) is 72.8 Å². The zero-order valence-electron chi connectivity index (χ0n) is 17.0. The highest BCUT2D eigenvalue weighted by molar-refractivity contribution is 6.07. The second-order valence-corrected chi connectivity index (χ2v) is 7.13. The fraction of sp³-hybridized carbons (Fsp3) is 0.120. The molecule has 0 aliphatic rings. The number of nitrogens with one attached hydrogen (secondary N) is 1. The Morgan fingerprint density at radius 1 is 0.968 bits per heavy atom. The van der Waals surface area contributed by atoms with Crippen LogP contribution in [0.4, 0.5) is 0 Å². The van der Waals surface area contributed by atoms with Crippen molar-refractivity contribution in [1.82, 2.24) is 10.3 Å². The van der Waals surface area contributed by atoms with E-state index in [9.17, 15) is 15.0 Å². The molecule has 6 nitrogen and oxygen atoms in total. The van der Waals surface area contributed by atoms with Gasteiger partial charge < -0.3 is 20.3 Å². The highest BCUT2D eigenvalue weighted by atomic mass is 16.5. The number of ether oxygens (including phenoxy) is 1. The third-order valence-electron chi connectivity index (χ3n) is 5.09. The molecule has 1 aromatic heterocycles. The van der Waals surface area contributed by atoms with Crippen molar-refractivity contribution in [2.75, 3.05) is 13.7 Å². The first-order valence-corrected chi connectivity index (χ1v) is 9.88. The number of carbonyl (C=O) groups excluding carboxylic acids is 1. The van der Waals surface area contributed by atoms with Gasteiger partial charge in [-0.3, -0.25) is 4.79 Å². The average molecular weight is 414 g/mol. The third kappa shape index (κ3) is 4.43. The molecular formula is C25H22N2O4. The molecule has 0 aliphatic carbocycles. The molecule has 0 unspecified atom stereocenters. The van der Waals surface area contributed by atoms with Gasteiger partial charge in [-0.1, -0.05) is 24.3 Å². The van der Waals surface area contributed by atoms with Gasteiger partial charge in [0.2, 0.25) is 0 Å². The number of hydrogen-bond donors (Lipinski definition) is 3. The third-order valence-corrected chi connectivity index (χ3v) is 5.09. The van der Waals surface area contributed by atoms with E-state index < -0.39 is 0 Å². The lowest BCUT2D eigenvalue weighted by molar-refractivity contribution is 0.0955. The van der Waals surface area contributed by atoms with E-state index in [1.54, 1.807) is 19.2 Å². The maximum atomic E-state index is 13.0. The number of phenols is 2. The summed E-state index contributed by atoms with van der Waals surface area (Å²) in [6.45, 7) is 0.386. The molecule has 156 valence electrons. The second kappa shape index (κ2) is 8.75. The highest BCUT2D eigenvalue weighted by Gasteiger charge is 2.14. The van der Waals surface area contributed by atoms with Gasteiger partial charge in [-0.05, 0) is 60.5 Å². The van der Waals surface area contributed by atoms with Crippen LogP contribution < -0.4 is 10.1 Å². The second-order valence-electron chi connectivity index (χ2n) is 7.13. The molecule has 1 amide bonds. The molecule has 3 aromatic carbocycles. The fourth-order valence-electron chi connectivity index (χ4n) is 3.41. The Labute approximate surface area is 179 Å². The molecular weight excluding hydrogens is 392 g/mol. The van der Waals surface area contributed by atoms with Crippen molar-refractivity contribution in [3.63, 3.8) is 0 Å². The Kier molecular flexibility index (Phi) is 5.71.